The molecule has 1 aliphatic heterocycles. The van der Waals surface area contributed by atoms with Gasteiger partial charge in [-0.3, -0.25) is 9.36 Å². The maximum absolute atomic E-state index is 14.2. The second kappa shape index (κ2) is 15.6. The minimum Gasteiger partial charge on any atom is -0.496 e. The molecule has 0 aliphatic carbocycles. The normalized spacial score (nSPS) is 14.4. The zero-order chi connectivity index (χ0) is 33.7. The van der Waals surface area contributed by atoms with Gasteiger partial charge in [-0.15, -0.1) is 0 Å². The van der Waals surface area contributed by atoms with Crippen LogP contribution in [-0.4, -0.2) is 30.9 Å². The molecule has 0 N–H and O–H groups in total. The summed E-state index contributed by atoms with van der Waals surface area (Å²) in [6, 6.07) is 15.4. The van der Waals surface area contributed by atoms with Crippen LogP contribution in [0.2, 0.25) is 10.0 Å². The summed E-state index contributed by atoms with van der Waals surface area (Å²) < 4.78 is 26.0. The van der Waals surface area contributed by atoms with Crippen LogP contribution in [0.1, 0.15) is 56.3 Å². The molecule has 12 heteroatoms. The molecule has 1 aliphatic rings. The topological polar surface area (TPSA) is 88.4 Å². The van der Waals surface area contributed by atoms with Crippen molar-refractivity contribution in [3.8, 4) is 17.2 Å². The van der Waals surface area contributed by atoms with Gasteiger partial charge in [0.2, 0.25) is 0 Å². The molecule has 0 fully saturated rings. The van der Waals surface area contributed by atoms with Gasteiger partial charge in [-0.05, 0) is 74.4 Å². The first-order valence-electron chi connectivity index (χ1n) is 15.1. The van der Waals surface area contributed by atoms with E-state index in [1.807, 2.05) is 44.2 Å². The summed E-state index contributed by atoms with van der Waals surface area (Å²) >= 11 is 17.2. The minimum absolute atomic E-state index is 0.184. The lowest BCUT2D eigenvalue weighted by Crippen LogP contribution is -2.40. The monoisotopic (exact) mass is 758 g/mol. The molecule has 5 rings (SSSR count). The van der Waals surface area contributed by atoms with E-state index in [1.54, 1.807) is 48.9 Å². The number of hydrogen-bond acceptors (Lipinski definition) is 8. The van der Waals surface area contributed by atoms with Crippen LogP contribution in [0.4, 0.5) is 0 Å². The lowest BCUT2D eigenvalue weighted by molar-refractivity contribution is -0.139. The van der Waals surface area contributed by atoms with Crippen LogP contribution in [0, 0.1) is 0 Å². The number of nitrogens with zero attached hydrogens (tertiary/aromatic N) is 2. The minimum atomic E-state index is -0.809. The first kappa shape index (κ1) is 34.8. The molecule has 0 bridgehead atoms. The second-order valence-corrected chi connectivity index (χ2v) is 13.2. The third kappa shape index (κ3) is 7.62. The molecule has 0 spiro atoms. The summed E-state index contributed by atoms with van der Waals surface area (Å²) in [5.74, 6) is 1.06. The third-order valence-electron chi connectivity index (χ3n) is 7.34. The Bertz CT molecular complexity index is 2020. The van der Waals surface area contributed by atoms with Gasteiger partial charge in [-0.25, -0.2) is 9.79 Å². The number of aromatic nitrogens is 1. The number of benzene rings is 3. The van der Waals surface area contributed by atoms with E-state index < -0.39 is 12.0 Å². The fraction of sp³-hybridized carbons (Fsp3) is 0.286. The average molecular weight is 761 g/mol. The number of allylic oxidation sites excluding steroid dienone is 1. The van der Waals surface area contributed by atoms with Gasteiger partial charge in [0.25, 0.3) is 5.56 Å². The molecular weight excluding hydrogens is 727 g/mol. The maximum Gasteiger partial charge on any atom is 0.338 e. The van der Waals surface area contributed by atoms with Crippen LogP contribution >= 0.6 is 50.5 Å². The number of rotatable bonds is 12. The predicted molar refractivity (Wildman–Crippen MR) is 189 cm³/mol. The fourth-order valence-electron chi connectivity index (χ4n) is 5.28. The van der Waals surface area contributed by atoms with Crippen molar-refractivity contribution in [1.29, 1.82) is 0 Å². The summed E-state index contributed by atoms with van der Waals surface area (Å²) in [6.45, 7) is 6.47. The van der Waals surface area contributed by atoms with Crippen LogP contribution < -0.4 is 29.1 Å². The lowest BCUT2D eigenvalue weighted by Gasteiger charge is -2.27. The van der Waals surface area contributed by atoms with Gasteiger partial charge in [0.15, 0.2) is 16.3 Å². The van der Waals surface area contributed by atoms with Crippen molar-refractivity contribution in [2.75, 3.05) is 20.3 Å². The number of carbonyl (C=O) groups excluding carboxylic acids is 1. The van der Waals surface area contributed by atoms with Gasteiger partial charge in [0.1, 0.15) is 18.4 Å². The van der Waals surface area contributed by atoms with Gasteiger partial charge in [-0.1, -0.05) is 75.9 Å². The van der Waals surface area contributed by atoms with E-state index >= 15 is 0 Å². The zero-order valence-corrected chi connectivity index (χ0v) is 30.2. The van der Waals surface area contributed by atoms with E-state index in [2.05, 4.69) is 15.9 Å². The fourth-order valence-corrected chi connectivity index (χ4v) is 7.14. The zero-order valence-electron chi connectivity index (χ0n) is 26.3. The highest BCUT2D eigenvalue weighted by molar-refractivity contribution is 9.10. The molecule has 47 heavy (non-hydrogen) atoms. The Morgan fingerprint density at radius 3 is 2.49 bits per heavy atom. The summed E-state index contributed by atoms with van der Waals surface area (Å²) in [6.07, 6.45) is 3.07. The Labute approximate surface area is 295 Å². The lowest BCUT2D eigenvalue weighted by atomic mass is 9.93. The molecule has 0 radical (unpaired) electrons. The Morgan fingerprint density at radius 1 is 1.00 bits per heavy atom. The molecule has 0 saturated heterocycles. The Balaban J connectivity index is 1.62. The van der Waals surface area contributed by atoms with Gasteiger partial charge in [-0.2, -0.15) is 0 Å². The first-order valence-corrected chi connectivity index (χ1v) is 17.4. The van der Waals surface area contributed by atoms with Crippen LogP contribution in [0.15, 0.2) is 80.1 Å². The largest absolute Gasteiger partial charge is 0.496 e. The molecule has 246 valence electrons. The van der Waals surface area contributed by atoms with Crippen LogP contribution in [0.5, 0.6) is 17.2 Å². The van der Waals surface area contributed by atoms with Crippen molar-refractivity contribution < 1.29 is 23.7 Å². The predicted octanol–water partition coefficient (Wildman–Crippen LogP) is 7.63. The molecular formula is C35H33BrCl2N2O6S. The Kier molecular flexibility index (Phi) is 11.5. The highest BCUT2D eigenvalue weighted by Gasteiger charge is 2.36. The quantitative estimate of drug-likeness (QED) is 0.138. The van der Waals surface area contributed by atoms with Crippen LogP contribution in [-0.2, 0) is 16.1 Å². The Morgan fingerprint density at radius 2 is 1.79 bits per heavy atom. The molecule has 2 heterocycles. The smallest absolute Gasteiger partial charge is 0.338 e. The van der Waals surface area contributed by atoms with Gasteiger partial charge < -0.3 is 18.9 Å². The van der Waals surface area contributed by atoms with E-state index in [9.17, 15) is 9.59 Å². The standard InChI is InChI=1S/C35H33BrCl2N2O6S/c1-5-8-26-31(34(42)45-7-3)32(24-17-22(36)11-14-27(24)43-4)40-33(41)30(47-35(40)39-26)16-20-9-13-28(29(15-20)44-6-2)46-19-21-10-12-23(37)18-25(21)38/h9-18,32H,5-8,19H2,1-4H3/b30-16+/t32-/m0/s1. The van der Waals surface area contributed by atoms with Gasteiger partial charge >= 0.3 is 5.97 Å². The highest BCUT2D eigenvalue weighted by atomic mass is 79.9. The number of methoxy groups -OCH3 is 1. The number of halogens is 3. The van der Waals surface area contributed by atoms with Gasteiger partial charge in [0, 0.05) is 25.6 Å². The summed E-state index contributed by atoms with van der Waals surface area (Å²) in [7, 11) is 1.56. The van der Waals surface area contributed by atoms with E-state index in [-0.39, 0.29) is 18.8 Å². The van der Waals surface area contributed by atoms with Gasteiger partial charge in [0.05, 0.1) is 36.1 Å². The number of carbonyl (C=O) groups is 1. The van der Waals surface area contributed by atoms with Crippen molar-refractivity contribution in [2.24, 2.45) is 4.99 Å². The third-order valence-corrected chi connectivity index (χ3v) is 9.41. The van der Waals surface area contributed by atoms with E-state index in [1.165, 1.54) is 11.3 Å². The molecule has 1 atom stereocenters. The van der Waals surface area contributed by atoms with Crippen molar-refractivity contribution >= 4 is 62.5 Å². The molecule has 0 unspecified atom stereocenters. The molecule has 1 aromatic heterocycles. The number of fused-ring (bicyclic) bond motifs is 1. The van der Waals surface area contributed by atoms with Crippen molar-refractivity contribution in [2.45, 2.75) is 46.3 Å². The average Bonchev–Trinajstić information content (AvgIpc) is 3.35. The molecule has 3 aromatic carbocycles. The van der Waals surface area contributed by atoms with E-state index in [0.717, 1.165) is 22.0 Å². The highest BCUT2D eigenvalue weighted by Crippen LogP contribution is 2.38. The summed E-state index contributed by atoms with van der Waals surface area (Å²) in [4.78, 5) is 33.1. The molecule has 8 nitrogen and oxygen atoms in total. The Hall–Kier alpha value is -3.57. The van der Waals surface area contributed by atoms with Crippen molar-refractivity contribution in [3.63, 3.8) is 0 Å². The number of thiazole rings is 1. The van der Waals surface area contributed by atoms with Crippen LogP contribution in [0.3, 0.4) is 0 Å². The van der Waals surface area contributed by atoms with E-state index in [0.29, 0.717) is 66.5 Å². The molecule has 4 aromatic rings. The number of ether oxygens (including phenoxy) is 4. The second-order valence-electron chi connectivity index (χ2n) is 10.5. The molecule has 0 saturated carbocycles. The van der Waals surface area contributed by atoms with Crippen molar-refractivity contribution in [3.05, 3.63) is 117 Å². The molecule has 0 amide bonds. The number of hydrogen-bond donors (Lipinski definition) is 0. The number of esters is 1. The SMILES string of the molecule is CCCC1=C(C(=O)OCC)[C@H](c2cc(Br)ccc2OC)n2c(s/c(=C/c3ccc(OCc4ccc(Cl)cc4Cl)c(OCC)c3)c2=O)=N1. The van der Waals surface area contributed by atoms with Crippen molar-refractivity contribution in [1.82, 2.24) is 4.57 Å². The summed E-state index contributed by atoms with van der Waals surface area (Å²) in [5, 5.41) is 1.05. The first-order chi connectivity index (χ1) is 22.7. The maximum atomic E-state index is 14.2. The van der Waals surface area contributed by atoms with Crippen LogP contribution in [0.25, 0.3) is 6.08 Å². The summed E-state index contributed by atoms with van der Waals surface area (Å²) in [5.41, 5.74) is 2.77. The van der Waals surface area contributed by atoms with E-state index in [4.69, 9.17) is 47.1 Å².